The number of carbonyl (C=O) groups excluding carboxylic acids is 1. The van der Waals surface area contributed by atoms with Crippen LogP contribution in [0.15, 0.2) is 53.4 Å². The summed E-state index contributed by atoms with van der Waals surface area (Å²) in [5.74, 6) is 0.462. The summed E-state index contributed by atoms with van der Waals surface area (Å²) in [6.45, 7) is 2.46. The quantitative estimate of drug-likeness (QED) is 0.328. The van der Waals surface area contributed by atoms with E-state index in [1.807, 2.05) is 6.92 Å². The molecular weight excluding hydrogens is 372 g/mol. The normalized spacial score (nSPS) is 15.6. The second-order valence-corrected chi connectivity index (χ2v) is 6.97. The number of carbonyl (C=O) groups is 1. The number of benzene rings is 2. The van der Waals surface area contributed by atoms with Gasteiger partial charge in [0.05, 0.1) is 22.1 Å². The van der Waals surface area contributed by atoms with Crippen LogP contribution in [0.1, 0.15) is 12.5 Å². The highest BCUT2D eigenvalue weighted by Gasteiger charge is 2.33. The number of anilines is 1. The van der Waals surface area contributed by atoms with Gasteiger partial charge in [0, 0.05) is 12.1 Å². The van der Waals surface area contributed by atoms with Gasteiger partial charge in [-0.15, -0.1) is 0 Å². The number of rotatable bonds is 5. The van der Waals surface area contributed by atoms with E-state index in [1.165, 1.54) is 28.8 Å². The maximum atomic E-state index is 12.7. The van der Waals surface area contributed by atoms with Crippen molar-refractivity contribution in [2.45, 2.75) is 6.92 Å². The summed E-state index contributed by atoms with van der Waals surface area (Å²) in [6.07, 6.45) is 1.61. The van der Waals surface area contributed by atoms with Gasteiger partial charge >= 0.3 is 0 Å². The van der Waals surface area contributed by atoms with Crippen LogP contribution in [-0.2, 0) is 4.79 Å². The van der Waals surface area contributed by atoms with Crippen LogP contribution in [0.5, 0.6) is 5.75 Å². The molecule has 1 aliphatic heterocycles. The van der Waals surface area contributed by atoms with Crippen LogP contribution < -0.4 is 9.64 Å². The zero-order chi connectivity index (χ0) is 18.7. The van der Waals surface area contributed by atoms with Crippen LogP contribution in [0.3, 0.4) is 0 Å². The lowest BCUT2D eigenvalue weighted by Crippen LogP contribution is -2.27. The topological polar surface area (TPSA) is 72.7 Å². The van der Waals surface area contributed by atoms with Gasteiger partial charge in [0.2, 0.25) is 0 Å². The second-order valence-electron chi connectivity index (χ2n) is 5.30. The molecule has 3 rings (SSSR count). The highest BCUT2D eigenvalue weighted by molar-refractivity contribution is 8.27. The van der Waals surface area contributed by atoms with E-state index in [1.54, 1.807) is 42.5 Å². The first-order chi connectivity index (χ1) is 12.5. The molecule has 0 unspecified atom stereocenters. The number of nitrogens with zero attached hydrogens (tertiary/aromatic N) is 2. The highest BCUT2D eigenvalue weighted by Crippen LogP contribution is 2.36. The van der Waals surface area contributed by atoms with E-state index < -0.39 is 4.92 Å². The summed E-state index contributed by atoms with van der Waals surface area (Å²) < 4.78 is 5.81. The van der Waals surface area contributed by atoms with E-state index in [0.717, 1.165) is 0 Å². The van der Waals surface area contributed by atoms with Gasteiger partial charge in [-0.25, -0.2) is 0 Å². The van der Waals surface area contributed by atoms with E-state index in [4.69, 9.17) is 17.0 Å². The number of amides is 1. The highest BCUT2D eigenvalue weighted by atomic mass is 32.2. The van der Waals surface area contributed by atoms with E-state index >= 15 is 0 Å². The standard InChI is InChI=1S/C18H14N2O4S2/c1-2-24-15-8-6-13(7-9-15)19-17(21)16(26-18(19)25)11-12-4-3-5-14(10-12)20(22)23/h3-11H,2H2,1H3/b16-11-. The van der Waals surface area contributed by atoms with Gasteiger partial charge in [0.25, 0.3) is 11.6 Å². The molecule has 132 valence electrons. The first-order valence-electron chi connectivity index (χ1n) is 7.75. The lowest BCUT2D eigenvalue weighted by molar-refractivity contribution is -0.384. The van der Waals surface area contributed by atoms with E-state index in [0.29, 0.717) is 32.8 Å². The van der Waals surface area contributed by atoms with Gasteiger partial charge in [-0.1, -0.05) is 36.1 Å². The Morgan fingerprint density at radius 2 is 2.00 bits per heavy atom. The Hall–Kier alpha value is -2.71. The molecule has 6 nitrogen and oxygen atoms in total. The number of hydrogen-bond acceptors (Lipinski definition) is 6. The number of thioether (sulfide) groups is 1. The minimum atomic E-state index is -0.470. The molecule has 0 radical (unpaired) electrons. The van der Waals surface area contributed by atoms with Crippen molar-refractivity contribution in [3.8, 4) is 5.75 Å². The minimum absolute atomic E-state index is 0.0271. The van der Waals surface area contributed by atoms with Crippen molar-refractivity contribution < 1.29 is 14.5 Å². The summed E-state index contributed by atoms with van der Waals surface area (Å²) in [4.78, 5) is 25.0. The monoisotopic (exact) mass is 386 g/mol. The van der Waals surface area contributed by atoms with Gasteiger partial charge < -0.3 is 4.74 Å². The third-order valence-corrected chi connectivity index (χ3v) is 4.88. The van der Waals surface area contributed by atoms with Crippen LogP contribution >= 0.6 is 24.0 Å². The summed E-state index contributed by atoms with van der Waals surface area (Å²) in [5, 5.41) is 10.9. The molecule has 0 bridgehead atoms. The molecule has 8 heteroatoms. The Balaban J connectivity index is 1.86. The van der Waals surface area contributed by atoms with Gasteiger partial charge in [0.15, 0.2) is 4.32 Å². The average molecular weight is 386 g/mol. The molecule has 1 fully saturated rings. The maximum Gasteiger partial charge on any atom is 0.270 e. The van der Waals surface area contributed by atoms with Gasteiger partial charge in [-0.2, -0.15) is 0 Å². The van der Waals surface area contributed by atoms with E-state index in [9.17, 15) is 14.9 Å². The number of ether oxygens (including phenoxy) is 1. The lowest BCUT2D eigenvalue weighted by atomic mass is 10.2. The van der Waals surface area contributed by atoms with Crippen molar-refractivity contribution >= 4 is 51.7 Å². The largest absolute Gasteiger partial charge is 0.494 e. The fourth-order valence-corrected chi connectivity index (χ4v) is 3.73. The Morgan fingerprint density at radius 1 is 1.27 bits per heavy atom. The fraction of sp³-hybridized carbons (Fsp3) is 0.111. The van der Waals surface area contributed by atoms with Crippen molar-refractivity contribution in [2.24, 2.45) is 0 Å². The lowest BCUT2D eigenvalue weighted by Gasteiger charge is -2.15. The van der Waals surface area contributed by atoms with Gasteiger partial charge in [0.1, 0.15) is 5.75 Å². The Kier molecular flexibility index (Phi) is 5.34. The predicted molar refractivity (Wildman–Crippen MR) is 106 cm³/mol. The number of non-ortho nitro benzene ring substituents is 1. The maximum absolute atomic E-state index is 12.7. The summed E-state index contributed by atoms with van der Waals surface area (Å²) in [7, 11) is 0. The van der Waals surface area contributed by atoms with Crippen LogP contribution in [0.2, 0.25) is 0 Å². The third-order valence-electron chi connectivity index (χ3n) is 3.58. The molecule has 2 aromatic carbocycles. The Morgan fingerprint density at radius 3 is 2.65 bits per heavy atom. The summed E-state index contributed by atoms with van der Waals surface area (Å²) >= 11 is 6.50. The average Bonchev–Trinajstić information content (AvgIpc) is 2.90. The molecule has 0 aliphatic carbocycles. The van der Waals surface area contributed by atoms with E-state index in [2.05, 4.69) is 0 Å². The molecule has 1 amide bonds. The molecule has 0 aromatic heterocycles. The van der Waals surface area contributed by atoms with Crippen molar-refractivity contribution in [1.29, 1.82) is 0 Å². The predicted octanol–water partition coefficient (Wildman–Crippen LogP) is 4.40. The fourth-order valence-electron chi connectivity index (χ4n) is 2.43. The van der Waals surface area contributed by atoms with Gasteiger partial charge in [-0.3, -0.25) is 19.8 Å². The van der Waals surface area contributed by atoms with E-state index in [-0.39, 0.29) is 11.6 Å². The molecular formula is C18H14N2O4S2. The summed E-state index contributed by atoms with van der Waals surface area (Å²) in [5.41, 5.74) is 1.20. The molecule has 26 heavy (non-hydrogen) atoms. The first-order valence-corrected chi connectivity index (χ1v) is 8.97. The van der Waals surface area contributed by atoms with Crippen molar-refractivity contribution in [2.75, 3.05) is 11.5 Å². The van der Waals surface area contributed by atoms with Crippen molar-refractivity contribution in [3.63, 3.8) is 0 Å². The summed E-state index contributed by atoms with van der Waals surface area (Å²) in [6, 6.07) is 13.2. The second kappa shape index (κ2) is 7.67. The number of thiocarbonyl (C=S) groups is 1. The molecule has 1 heterocycles. The minimum Gasteiger partial charge on any atom is -0.494 e. The van der Waals surface area contributed by atoms with Crippen molar-refractivity contribution in [3.05, 3.63) is 69.1 Å². The third kappa shape index (κ3) is 3.76. The molecule has 2 aromatic rings. The molecule has 1 aliphatic rings. The van der Waals surface area contributed by atoms with Crippen LogP contribution in [-0.4, -0.2) is 21.8 Å². The number of nitro groups is 1. The Labute approximate surface area is 159 Å². The van der Waals surface area contributed by atoms with Crippen LogP contribution in [0.4, 0.5) is 11.4 Å². The van der Waals surface area contributed by atoms with Crippen molar-refractivity contribution in [1.82, 2.24) is 0 Å². The van der Waals surface area contributed by atoms with Crippen LogP contribution in [0, 0.1) is 10.1 Å². The molecule has 0 spiro atoms. The number of nitro benzene ring substituents is 1. The molecule has 0 saturated carbocycles. The zero-order valence-corrected chi connectivity index (χ0v) is 15.4. The molecule has 0 N–H and O–H groups in total. The Bertz CT molecular complexity index is 910. The smallest absolute Gasteiger partial charge is 0.270 e. The van der Waals surface area contributed by atoms with Crippen LogP contribution in [0.25, 0.3) is 6.08 Å². The molecule has 0 atom stereocenters. The number of hydrogen-bond donors (Lipinski definition) is 0. The van der Waals surface area contributed by atoms with Gasteiger partial charge in [-0.05, 0) is 42.8 Å². The SMILES string of the molecule is CCOc1ccc(N2C(=O)/C(=C/c3cccc([N+](=O)[O-])c3)SC2=S)cc1. The zero-order valence-electron chi connectivity index (χ0n) is 13.7. The molecule has 1 saturated heterocycles. The first kappa shape index (κ1) is 18.1.